The van der Waals surface area contributed by atoms with E-state index in [-0.39, 0.29) is 22.6 Å². The summed E-state index contributed by atoms with van der Waals surface area (Å²) in [6, 6.07) is 3.86. The SMILES string of the molecule is [B]c1ccc(C(=O)NCCCNC(=O)C=C)cc1[N+](=O)[O-]. The molecule has 0 saturated carbocycles. The van der Waals surface area contributed by atoms with Crippen LogP contribution in [0.2, 0.25) is 0 Å². The molecule has 0 aliphatic heterocycles. The molecular formula is C13H14BN3O4. The maximum atomic E-state index is 11.8. The maximum absolute atomic E-state index is 11.8. The van der Waals surface area contributed by atoms with E-state index in [1.807, 2.05) is 0 Å². The lowest BCUT2D eigenvalue weighted by Gasteiger charge is -2.06. The lowest BCUT2D eigenvalue weighted by Crippen LogP contribution is -2.29. The number of carbonyl (C=O) groups is 2. The number of benzene rings is 1. The van der Waals surface area contributed by atoms with Gasteiger partial charge in [-0.2, -0.15) is 0 Å². The molecule has 0 atom stereocenters. The quantitative estimate of drug-likeness (QED) is 0.238. The summed E-state index contributed by atoms with van der Waals surface area (Å²) in [6.45, 7) is 4.03. The highest BCUT2D eigenvalue weighted by Crippen LogP contribution is 2.10. The van der Waals surface area contributed by atoms with Gasteiger partial charge in [0.1, 0.15) is 7.85 Å². The molecule has 2 radical (unpaired) electrons. The normalized spacial score (nSPS) is 9.71. The van der Waals surface area contributed by atoms with E-state index in [1.165, 1.54) is 12.1 Å². The maximum Gasteiger partial charge on any atom is 0.263 e. The molecule has 0 heterocycles. The molecule has 21 heavy (non-hydrogen) atoms. The van der Waals surface area contributed by atoms with E-state index in [4.69, 9.17) is 7.85 Å². The van der Waals surface area contributed by atoms with Gasteiger partial charge < -0.3 is 10.6 Å². The first-order valence-corrected chi connectivity index (χ1v) is 6.18. The van der Waals surface area contributed by atoms with Gasteiger partial charge in [-0.05, 0) is 24.0 Å². The summed E-state index contributed by atoms with van der Waals surface area (Å²) in [5, 5.41) is 15.9. The van der Waals surface area contributed by atoms with Crippen molar-refractivity contribution in [2.75, 3.05) is 13.1 Å². The summed E-state index contributed by atoms with van der Waals surface area (Å²) in [5.41, 5.74) is -0.143. The Labute approximate surface area is 123 Å². The van der Waals surface area contributed by atoms with Gasteiger partial charge in [-0.25, -0.2) is 0 Å². The van der Waals surface area contributed by atoms with Crippen molar-refractivity contribution in [3.05, 3.63) is 46.5 Å². The highest BCUT2D eigenvalue weighted by Gasteiger charge is 2.14. The van der Waals surface area contributed by atoms with E-state index in [0.29, 0.717) is 19.5 Å². The topological polar surface area (TPSA) is 101 Å². The highest BCUT2D eigenvalue weighted by molar-refractivity contribution is 6.35. The number of carbonyl (C=O) groups excluding carboxylic acids is 2. The van der Waals surface area contributed by atoms with Gasteiger partial charge in [0.05, 0.1) is 4.92 Å². The second-order valence-electron chi connectivity index (χ2n) is 4.14. The fourth-order valence-corrected chi connectivity index (χ4v) is 1.52. The summed E-state index contributed by atoms with van der Waals surface area (Å²) in [6.07, 6.45) is 1.69. The van der Waals surface area contributed by atoms with Gasteiger partial charge in [-0.15, -0.1) is 0 Å². The number of hydrogen-bond acceptors (Lipinski definition) is 4. The number of hydrogen-bond donors (Lipinski definition) is 2. The molecule has 1 aromatic rings. The highest BCUT2D eigenvalue weighted by atomic mass is 16.6. The molecule has 0 unspecified atom stereocenters. The minimum Gasteiger partial charge on any atom is -0.353 e. The standard InChI is InChI=1S/C13H14BN3O4/c1-2-12(18)15-6-3-7-16-13(19)9-4-5-10(14)11(8-9)17(20)21/h2,4-5,8H,1,3,6-7H2,(H,15,18)(H,16,19). The van der Waals surface area contributed by atoms with Crippen molar-refractivity contribution in [3.8, 4) is 0 Å². The fraction of sp³-hybridized carbons (Fsp3) is 0.231. The Bertz CT molecular complexity index is 575. The zero-order valence-corrected chi connectivity index (χ0v) is 11.3. The van der Waals surface area contributed by atoms with Crippen molar-refractivity contribution in [2.45, 2.75) is 6.42 Å². The first-order valence-electron chi connectivity index (χ1n) is 6.18. The van der Waals surface area contributed by atoms with Gasteiger partial charge in [0.15, 0.2) is 0 Å². The van der Waals surface area contributed by atoms with Gasteiger partial charge in [0.25, 0.3) is 11.6 Å². The number of nitrogens with zero attached hydrogens (tertiary/aromatic N) is 1. The van der Waals surface area contributed by atoms with Crippen LogP contribution in [0.25, 0.3) is 0 Å². The number of rotatable bonds is 7. The second-order valence-corrected chi connectivity index (χ2v) is 4.14. The summed E-state index contributed by atoms with van der Waals surface area (Å²) in [5.74, 6) is -0.719. The van der Waals surface area contributed by atoms with Crippen molar-refractivity contribution in [1.82, 2.24) is 10.6 Å². The lowest BCUT2D eigenvalue weighted by molar-refractivity contribution is -0.383. The van der Waals surface area contributed by atoms with Crippen LogP contribution < -0.4 is 16.1 Å². The Kier molecular flexibility index (Phi) is 6.13. The average molecular weight is 287 g/mol. The largest absolute Gasteiger partial charge is 0.353 e. The molecule has 1 rings (SSSR count). The van der Waals surface area contributed by atoms with Gasteiger partial charge >= 0.3 is 0 Å². The third-order valence-corrected chi connectivity index (χ3v) is 2.61. The minimum absolute atomic E-state index is 0.00341. The molecule has 0 spiro atoms. The molecule has 2 N–H and O–H groups in total. The molecule has 0 aromatic heterocycles. The molecule has 2 amide bonds. The van der Waals surface area contributed by atoms with Crippen molar-refractivity contribution in [2.24, 2.45) is 0 Å². The molecule has 0 aliphatic rings. The van der Waals surface area contributed by atoms with Crippen LogP contribution in [0.3, 0.4) is 0 Å². The van der Waals surface area contributed by atoms with Crippen LogP contribution in [-0.2, 0) is 4.79 Å². The van der Waals surface area contributed by atoms with Gasteiger partial charge in [-0.3, -0.25) is 19.7 Å². The van der Waals surface area contributed by atoms with Crippen LogP contribution >= 0.6 is 0 Å². The zero-order chi connectivity index (χ0) is 15.8. The van der Waals surface area contributed by atoms with E-state index in [1.54, 1.807) is 0 Å². The summed E-state index contributed by atoms with van der Waals surface area (Å²) < 4.78 is 0. The number of amides is 2. The fourth-order valence-electron chi connectivity index (χ4n) is 1.52. The Morgan fingerprint density at radius 3 is 2.62 bits per heavy atom. The number of nitrogens with one attached hydrogen (secondary N) is 2. The molecular weight excluding hydrogens is 273 g/mol. The van der Waals surface area contributed by atoms with Crippen molar-refractivity contribution in [1.29, 1.82) is 0 Å². The molecule has 0 aliphatic carbocycles. The van der Waals surface area contributed by atoms with Gasteiger partial charge in [0, 0.05) is 24.7 Å². The van der Waals surface area contributed by atoms with Crippen LogP contribution in [0.5, 0.6) is 0 Å². The monoisotopic (exact) mass is 287 g/mol. The summed E-state index contributed by atoms with van der Waals surface area (Å²) in [7, 11) is 5.45. The third-order valence-electron chi connectivity index (χ3n) is 2.61. The first kappa shape index (κ1) is 16.4. The van der Waals surface area contributed by atoms with E-state index in [2.05, 4.69) is 17.2 Å². The number of nitro benzene ring substituents is 1. The van der Waals surface area contributed by atoms with E-state index < -0.39 is 10.8 Å². The van der Waals surface area contributed by atoms with Crippen molar-refractivity contribution < 1.29 is 14.5 Å². The zero-order valence-electron chi connectivity index (χ0n) is 11.3. The van der Waals surface area contributed by atoms with Crippen LogP contribution in [0.15, 0.2) is 30.9 Å². The lowest BCUT2D eigenvalue weighted by atomic mass is 9.93. The molecule has 108 valence electrons. The van der Waals surface area contributed by atoms with E-state index in [0.717, 1.165) is 12.1 Å². The van der Waals surface area contributed by atoms with Crippen LogP contribution in [-0.4, -0.2) is 37.7 Å². The molecule has 0 fully saturated rings. The molecule has 1 aromatic carbocycles. The molecule has 7 nitrogen and oxygen atoms in total. The van der Waals surface area contributed by atoms with Gasteiger partial charge in [0.2, 0.25) is 5.91 Å². The van der Waals surface area contributed by atoms with Crippen LogP contribution in [0.1, 0.15) is 16.8 Å². The van der Waals surface area contributed by atoms with Crippen LogP contribution in [0.4, 0.5) is 5.69 Å². The average Bonchev–Trinajstić information content (AvgIpc) is 2.46. The minimum atomic E-state index is -0.642. The van der Waals surface area contributed by atoms with Crippen molar-refractivity contribution in [3.63, 3.8) is 0 Å². The van der Waals surface area contributed by atoms with Gasteiger partial charge in [-0.1, -0.05) is 12.6 Å². The smallest absolute Gasteiger partial charge is 0.263 e. The summed E-state index contributed by atoms with van der Waals surface area (Å²) in [4.78, 5) is 32.8. The Balaban J connectivity index is 2.49. The summed E-state index contributed by atoms with van der Waals surface area (Å²) >= 11 is 0. The molecule has 0 bridgehead atoms. The van der Waals surface area contributed by atoms with Crippen LogP contribution in [0, 0.1) is 10.1 Å². The predicted molar refractivity (Wildman–Crippen MR) is 78.6 cm³/mol. The Morgan fingerprint density at radius 2 is 2.00 bits per heavy atom. The Hall–Kier alpha value is -2.64. The molecule has 0 saturated heterocycles. The predicted octanol–water partition coefficient (Wildman–Crippen LogP) is -0.189. The molecule has 8 heteroatoms. The van der Waals surface area contributed by atoms with E-state index >= 15 is 0 Å². The van der Waals surface area contributed by atoms with E-state index in [9.17, 15) is 19.7 Å². The first-order chi connectivity index (χ1) is 9.95. The number of nitro groups is 1. The Morgan fingerprint density at radius 1 is 1.33 bits per heavy atom. The second kappa shape index (κ2) is 7.83. The van der Waals surface area contributed by atoms with Crippen molar-refractivity contribution >= 4 is 30.8 Å². The third kappa shape index (κ3) is 5.10.